The summed E-state index contributed by atoms with van der Waals surface area (Å²) in [6.07, 6.45) is 0. The molecule has 10 heteroatoms. The Bertz CT molecular complexity index is 378. The van der Waals surface area contributed by atoms with E-state index < -0.39 is 5.60 Å². The molecule has 0 aromatic rings. The van der Waals surface area contributed by atoms with Crippen LogP contribution in [-0.2, 0) is 42.7 Å². The molecule has 0 aromatic carbocycles. The molecule has 0 spiro atoms. The molecule has 0 rings (SSSR count). The first-order valence-electron chi connectivity index (χ1n) is 10.3. The lowest BCUT2D eigenvalue weighted by atomic mass is 10.2. The number of esters is 1. The van der Waals surface area contributed by atoms with E-state index in [0.717, 1.165) is 11.0 Å². The van der Waals surface area contributed by atoms with Crippen LogP contribution in [0.15, 0.2) is 0 Å². The fraction of sp³-hybridized carbons (Fsp3) is 0.950. The summed E-state index contributed by atoms with van der Waals surface area (Å²) in [4.78, 5) is 11.4. The molecule has 9 nitrogen and oxygen atoms in total. The van der Waals surface area contributed by atoms with Crippen LogP contribution in [0.4, 0.5) is 0 Å². The van der Waals surface area contributed by atoms with Crippen LogP contribution >= 0.6 is 22.6 Å². The maximum Gasteiger partial charge on any atom is 0.332 e. The van der Waals surface area contributed by atoms with Gasteiger partial charge in [-0.3, -0.25) is 0 Å². The monoisotopic (exact) mass is 550 g/mol. The first kappa shape index (κ1) is 29.9. The van der Waals surface area contributed by atoms with E-state index in [-0.39, 0.29) is 12.6 Å². The quantitative estimate of drug-likeness (QED) is 0.0868. The maximum absolute atomic E-state index is 11.4. The molecule has 0 bridgehead atoms. The van der Waals surface area contributed by atoms with Gasteiger partial charge in [0.25, 0.3) is 0 Å². The second-order valence-electron chi connectivity index (χ2n) is 7.00. The first-order chi connectivity index (χ1) is 14.5. The van der Waals surface area contributed by atoms with Gasteiger partial charge in [-0.25, -0.2) is 4.79 Å². The Morgan fingerprint density at radius 2 is 0.867 bits per heavy atom. The highest BCUT2D eigenvalue weighted by Gasteiger charge is 2.15. The molecule has 0 N–H and O–H groups in total. The Labute approximate surface area is 194 Å². The molecule has 0 heterocycles. The van der Waals surface area contributed by atoms with E-state index in [4.69, 9.17) is 37.9 Å². The van der Waals surface area contributed by atoms with E-state index in [1.165, 1.54) is 0 Å². The number of ether oxygens (including phenoxy) is 8. The molecule has 0 aliphatic heterocycles. The number of alkyl halides is 1. The van der Waals surface area contributed by atoms with E-state index in [0.29, 0.717) is 79.3 Å². The van der Waals surface area contributed by atoms with Gasteiger partial charge in [0.1, 0.15) is 12.2 Å². The molecular weight excluding hydrogens is 511 g/mol. The van der Waals surface area contributed by atoms with Gasteiger partial charge in [0.05, 0.1) is 85.9 Å². The average Bonchev–Trinajstić information content (AvgIpc) is 2.68. The minimum atomic E-state index is -0.497. The van der Waals surface area contributed by atoms with Crippen LogP contribution in [0.5, 0.6) is 0 Å². The standard InChI is InChI=1S/C20H39IO9/c1-20(2,3)30-19(22)18-29-17-16-28-15-14-27-13-12-26-11-10-25-9-8-24-7-6-23-5-4-21/h4-18H2,1-3H3. The van der Waals surface area contributed by atoms with Crippen molar-refractivity contribution in [3.05, 3.63) is 0 Å². The summed E-state index contributed by atoms with van der Waals surface area (Å²) in [6, 6.07) is 0. The lowest BCUT2D eigenvalue weighted by Gasteiger charge is -2.19. The van der Waals surface area contributed by atoms with E-state index >= 15 is 0 Å². The van der Waals surface area contributed by atoms with E-state index in [9.17, 15) is 4.79 Å². The third-order valence-electron chi connectivity index (χ3n) is 3.09. The second-order valence-corrected chi connectivity index (χ2v) is 8.08. The van der Waals surface area contributed by atoms with Crippen LogP contribution in [0.25, 0.3) is 0 Å². The van der Waals surface area contributed by atoms with Crippen LogP contribution in [0.2, 0.25) is 0 Å². The lowest BCUT2D eigenvalue weighted by molar-refractivity contribution is -0.160. The molecule has 0 radical (unpaired) electrons. The van der Waals surface area contributed by atoms with Crippen LogP contribution in [-0.4, -0.2) is 108 Å². The van der Waals surface area contributed by atoms with Gasteiger partial charge in [0, 0.05) is 4.43 Å². The van der Waals surface area contributed by atoms with Crippen molar-refractivity contribution in [3.63, 3.8) is 0 Å². The number of hydrogen-bond acceptors (Lipinski definition) is 9. The summed E-state index contributed by atoms with van der Waals surface area (Å²) in [6.45, 7) is 12.2. The molecule has 0 unspecified atom stereocenters. The zero-order valence-electron chi connectivity index (χ0n) is 18.7. The smallest absolute Gasteiger partial charge is 0.332 e. The van der Waals surface area contributed by atoms with Gasteiger partial charge >= 0.3 is 5.97 Å². The van der Waals surface area contributed by atoms with Crippen molar-refractivity contribution in [2.75, 3.05) is 96.9 Å². The molecule has 0 aliphatic rings. The number of rotatable bonds is 22. The molecule has 0 saturated heterocycles. The molecular formula is C20H39IO9. The molecule has 0 amide bonds. The van der Waals surface area contributed by atoms with Crippen LogP contribution in [0, 0.1) is 0 Å². The zero-order valence-corrected chi connectivity index (χ0v) is 20.8. The highest BCUT2D eigenvalue weighted by molar-refractivity contribution is 14.1. The summed E-state index contributed by atoms with van der Waals surface area (Å²) in [5, 5.41) is 0. The van der Waals surface area contributed by atoms with Crippen molar-refractivity contribution in [1.82, 2.24) is 0 Å². The minimum Gasteiger partial charge on any atom is -0.458 e. The van der Waals surface area contributed by atoms with Crippen LogP contribution in [0.3, 0.4) is 0 Å². The molecule has 30 heavy (non-hydrogen) atoms. The topological polar surface area (TPSA) is 90.9 Å². The Morgan fingerprint density at radius 1 is 0.567 bits per heavy atom. The van der Waals surface area contributed by atoms with Crippen molar-refractivity contribution >= 4 is 28.6 Å². The third kappa shape index (κ3) is 26.0. The molecule has 0 saturated carbocycles. The Balaban J connectivity index is 3.11. The van der Waals surface area contributed by atoms with Gasteiger partial charge in [-0.2, -0.15) is 0 Å². The predicted molar refractivity (Wildman–Crippen MR) is 120 cm³/mol. The minimum absolute atomic E-state index is 0.0705. The average molecular weight is 550 g/mol. The summed E-state index contributed by atoms with van der Waals surface area (Å²) in [5.41, 5.74) is -0.497. The van der Waals surface area contributed by atoms with Crippen molar-refractivity contribution in [1.29, 1.82) is 0 Å². The van der Waals surface area contributed by atoms with Crippen molar-refractivity contribution in [2.24, 2.45) is 0 Å². The predicted octanol–water partition coefficient (Wildman–Crippen LogP) is 1.88. The Morgan fingerprint density at radius 3 is 1.17 bits per heavy atom. The number of halogens is 1. The number of carbonyl (C=O) groups excluding carboxylic acids is 1. The number of carbonyl (C=O) groups is 1. The van der Waals surface area contributed by atoms with Crippen LogP contribution in [0.1, 0.15) is 20.8 Å². The molecule has 180 valence electrons. The van der Waals surface area contributed by atoms with Crippen molar-refractivity contribution < 1.29 is 42.7 Å². The normalized spacial score (nSPS) is 11.7. The largest absolute Gasteiger partial charge is 0.458 e. The molecule has 0 atom stereocenters. The summed E-state index contributed by atoms with van der Waals surface area (Å²) in [7, 11) is 0. The van der Waals surface area contributed by atoms with E-state index in [1.807, 2.05) is 20.8 Å². The SMILES string of the molecule is CC(C)(C)OC(=O)COCCOCCOCCOCCOCCOCCOCCI. The van der Waals surface area contributed by atoms with Gasteiger partial charge in [0.2, 0.25) is 0 Å². The van der Waals surface area contributed by atoms with Gasteiger partial charge in [-0.1, -0.05) is 22.6 Å². The van der Waals surface area contributed by atoms with Crippen molar-refractivity contribution in [3.8, 4) is 0 Å². The lowest BCUT2D eigenvalue weighted by Crippen LogP contribution is -2.27. The molecule has 0 aliphatic carbocycles. The highest BCUT2D eigenvalue weighted by Crippen LogP contribution is 2.06. The Kier molecular flexibility index (Phi) is 22.1. The van der Waals surface area contributed by atoms with Gasteiger partial charge in [-0.05, 0) is 20.8 Å². The fourth-order valence-corrected chi connectivity index (χ4v) is 2.21. The summed E-state index contributed by atoms with van der Waals surface area (Å²) >= 11 is 2.27. The van der Waals surface area contributed by atoms with Gasteiger partial charge in [-0.15, -0.1) is 0 Å². The van der Waals surface area contributed by atoms with Crippen LogP contribution < -0.4 is 0 Å². The van der Waals surface area contributed by atoms with Gasteiger partial charge in [0.15, 0.2) is 0 Å². The summed E-state index contributed by atoms with van der Waals surface area (Å²) < 4.78 is 43.5. The van der Waals surface area contributed by atoms with Gasteiger partial charge < -0.3 is 37.9 Å². The van der Waals surface area contributed by atoms with E-state index in [1.54, 1.807) is 0 Å². The maximum atomic E-state index is 11.4. The number of hydrogen-bond donors (Lipinski definition) is 0. The summed E-state index contributed by atoms with van der Waals surface area (Å²) in [5.74, 6) is -0.378. The third-order valence-corrected chi connectivity index (χ3v) is 3.53. The first-order valence-corrected chi connectivity index (χ1v) is 11.8. The van der Waals surface area contributed by atoms with Crippen molar-refractivity contribution in [2.45, 2.75) is 26.4 Å². The molecule has 0 fully saturated rings. The molecule has 0 aromatic heterocycles. The van der Waals surface area contributed by atoms with E-state index in [2.05, 4.69) is 22.6 Å². The highest BCUT2D eigenvalue weighted by atomic mass is 127. The fourth-order valence-electron chi connectivity index (χ4n) is 1.90. The Hall–Kier alpha value is -0.0800. The second kappa shape index (κ2) is 22.1. The zero-order chi connectivity index (χ0) is 22.3.